The van der Waals surface area contributed by atoms with E-state index in [-0.39, 0.29) is 53.4 Å². The van der Waals surface area contributed by atoms with E-state index in [9.17, 15) is 9.59 Å². The van der Waals surface area contributed by atoms with E-state index in [4.69, 9.17) is 121 Å². The number of alkyl halides is 1. The Kier molecular flexibility index (Phi) is 234. The molecule has 39 heteroatoms. The van der Waals surface area contributed by atoms with Crippen molar-refractivity contribution in [3.63, 3.8) is 0 Å². The van der Waals surface area contributed by atoms with E-state index in [0.717, 1.165) is 43.1 Å². The smallest absolute Gasteiger partial charge is 0.870 e. The molecule has 0 aromatic carbocycles. The number of rotatable bonds is 32. The number of hydrogen-bond acceptors (Lipinski definition) is 27. The molecule has 592 valence electrons. The predicted octanol–water partition coefficient (Wildman–Crippen LogP) is 8.64. The van der Waals surface area contributed by atoms with Crippen LogP contribution >= 0.6 is 11.6 Å². The van der Waals surface area contributed by atoms with Gasteiger partial charge in [0, 0.05) is 164 Å². The molecule has 0 fully saturated rings. The normalized spacial score (nSPS) is 8.97. The monoisotopic (exact) mass is 1570 g/mol. The van der Waals surface area contributed by atoms with Crippen LogP contribution in [-0.4, -0.2) is 242 Å². The van der Waals surface area contributed by atoms with Crippen molar-refractivity contribution in [2.75, 3.05) is 153 Å². The Morgan fingerprint density at radius 3 is 0.558 bits per heavy atom. The molecule has 0 heterocycles. The van der Waals surface area contributed by atoms with Crippen LogP contribution < -0.4 is 52.1 Å². The van der Waals surface area contributed by atoms with Gasteiger partial charge in [-0.2, -0.15) is 0 Å². The molecule has 95 heavy (non-hydrogen) atoms. The van der Waals surface area contributed by atoms with Crippen molar-refractivity contribution in [1.82, 2.24) is 5.32 Å². The Balaban J connectivity index is -0.0000000336. The molecule has 0 aliphatic carbocycles. The van der Waals surface area contributed by atoms with Crippen LogP contribution in [0.5, 0.6) is 0 Å². The summed E-state index contributed by atoms with van der Waals surface area (Å²) < 4.78 is 126. The average Bonchev–Trinajstić information content (AvgIpc) is 3.68. The zero-order valence-electron chi connectivity index (χ0n) is 69.3. The minimum absolute atomic E-state index is 0. The molecule has 0 unspecified atom stereocenters. The Morgan fingerprint density at radius 2 is 0.474 bits per heavy atom. The summed E-state index contributed by atoms with van der Waals surface area (Å²) in [7, 11) is 12.6. The molecule has 29 nitrogen and oxygen atoms in total. The van der Waals surface area contributed by atoms with Crippen LogP contribution in [0.1, 0.15) is 179 Å². The van der Waals surface area contributed by atoms with Crippen LogP contribution in [0.25, 0.3) is 0 Å². The molecule has 0 aromatic heterocycles. The minimum Gasteiger partial charge on any atom is -0.870 e. The van der Waals surface area contributed by atoms with Crippen LogP contribution in [0.15, 0.2) is 0 Å². The van der Waals surface area contributed by atoms with Crippen molar-refractivity contribution >= 4 is 94.8 Å². The quantitative estimate of drug-likeness (QED) is 0.0278. The van der Waals surface area contributed by atoms with Crippen LogP contribution in [0.3, 0.4) is 0 Å². The summed E-state index contributed by atoms with van der Waals surface area (Å²) in [5.41, 5.74) is 14.8. The largest absolute Gasteiger partial charge is 1.00 e. The van der Waals surface area contributed by atoms with Crippen LogP contribution in [0, 0.1) is 0 Å². The van der Waals surface area contributed by atoms with Crippen molar-refractivity contribution in [2.45, 2.75) is 215 Å². The van der Waals surface area contributed by atoms with Gasteiger partial charge in [-0.25, -0.2) is 0 Å². The molecule has 0 bridgehead atoms. The fraction of sp³-hybridized carbons (Fsp3) is 0.964. The van der Waals surface area contributed by atoms with Gasteiger partial charge in [-0.15, -0.1) is 11.6 Å². The van der Waals surface area contributed by atoms with Crippen molar-refractivity contribution < 1.29 is 142 Å². The molecule has 0 aliphatic heterocycles. The maximum atomic E-state index is 10.4. The average molecular weight is 1570 g/mol. The summed E-state index contributed by atoms with van der Waals surface area (Å²) in [6.45, 7) is 49.5. The Labute approximate surface area is 624 Å². The first-order chi connectivity index (χ1) is 44.4. The molecule has 8 N–H and O–H groups in total. The van der Waals surface area contributed by atoms with Gasteiger partial charge in [0.15, 0.2) is 0 Å². The third-order valence-electron chi connectivity index (χ3n) is 9.28. The summed E-state index contributed by atoms with van der Waals surface area (Å²) in [6.07, 6.45) is 1.69. The second kappa shape index (κ2) is 145. The maximum absolute atomic E-state index is 10.4. The molecular weight excluding hydrogens is 1410 g/mol. The Bertz CT molecular complexity index is 1090. The first-order valence-corrected chi connectivity index (χ1v) is 45.6. The molecule has 0 aromatic rings. The number of nitrogens with two attached hydrogens (primary N) is 3. The van der Waals surface area contributed by atoms with Gasteiger partial charge < -0.3 is 108 Å². The van der Waals surface area contributed by atoms with E-state index in [0.29, 0.717) is 19.1 Å². The fourth-order valence-corrected chi connectivity index (χ4v) is 13.7. The summed E-state index contributed by atoms with van der Waals surface area (Å²) in [6, 6.07) is 4.76. The van der Waals surface area contributed by atoms with E-state index in [1.807, 2.05) is 166 Å². The zero-order chi connectivity index (χ0) is 79.5. The number of primary amides is 2. The van der Waals surface area contributed by atoms with E-state index >= 15 is 0 Å². The van der Waals surface area contributed by atoms with Gasteiger partial charge >= 0.3 is 101 Å². The van der Waals surface area contributed by atoms with Crippen molar-refractivity contribution in [1.29, 1.82) is 0 Å². The number of carbonyl (C=O) groups is 2. The van der Waals surface area contributed by atoms with Gasteiger partial charge in [-0.1, -0.05) is 166 Å². The first kappa shape index (κ1) is 154. The predicted molar refractivity (Wildman–Crippen MR) is 402 cm³/mol. The third-order valence-corrected chi connectivity index (χ3v) is 26.1. The summed E-state index contributed by atoms with van der Waals surface area (Å²) in [5.74, 6) is -0.921. The Morgan fingerprint density at radius 1 is 0.337 bits per heavy atom. The Hall–Kier alpha value is 0.325. The first-order valence-electron chi connectivity index (χ1n) is 31.9. The van der Waals surface area contributed by atoms with Gasteiger partial charge in [0.1, 0.15) is 5.88 Å². The molecule has 0 radical (unpaired) electrons. The molecule has 2 amide bonds. The molecule has 0 atom stereocenters. The summed E-state index contributed by atoms with van der Waals surface area (Å²) in [5, 5.41) is 2.91. The van der Waals surface area contributed by atoms with Gasteiger partial charge in [-0.3, -0.25) is 27.4 Å². The minimum atomic E-state index is -2.45. The SMILES string of the molecule is CC.CC.CC.CC.CC.CC.CC.CC.CC.CC.CC[Si](OC)(OC)OC.CC[Si](OC)(OC)OC.CC[Si](OC)(OC)OC.CC[Si](OC)(OC)OC.CO[Si](CCCN)(OC)OC.CO[Si](CCCNCC(N)=O)(OC)OC.NC(=O)CCl.O=[Si]=O.O=[Si]=O.[Na+].[OH-]. The van der Waals surface area contributed by atoms with E-state index in [1.165, 1.54) is 0 Å². The molecule has 0 saturated carbocycles. The summed E-state index contributed by atoms with van der Waals surface area (Å²) in [4.78, 5) is 19.9. The molecule has 0 saturated heterocycles. The standard InChI is InChI=1S/C8H20N2O4Si.C6H17NO3Si.4C5H14O3Si.C2H4ClNO.10C2H6.Na.2O2Si.H2O/c1-12-15(13-2,14-3)6-4-5-10-7-8(9)11;1-8-11(9-2,10-3)6-4-5-7;4*1-5-9(6-2,7-3)8-4;3-1-2(4)5;10*1-2;;2*1-3-2;/h10H,4-7H2,1-3H3,(H2,9,11);4-7H2,1-3H3;4*5H2,1-4H3;1H2,(H2,4,5);10*1-2H3;;;;1H2/q;;;;;;;;;;;;;;;;;+1;;;/p-1. The molecular formula is C56H158ClN4NaO25Si8. The maximum Gasteiger partial charge on any atom is 1.00 e. The van der Waals surface area contributed by atoms with E-state index in [1.54, 1.807) is 128 Å². The fourth-order valence-electron chi connectivity index (χ4n) is 4.80. The van der Waals surface area contributed by atoms with Gasteiger partial charge in [0.05, 0.1) is 6.54 Å². The van der Waals surface area contributed by atoms with E-state index < -0.39 is 77.3 Å². The molecule has 0 aliphatic rings. The number of hydrogen-bond donors (Lipinski definition) is 4. The molecule has 0 rings (SSSR count). The second-order valence-corrected chi connectivity index (χ2v) is 32.6. The second-order valence-electron chi connectivity index (χ2n) is 12.6. The molecule has 0 spiro atoms. The van der Waals surface area contributed by atoms with Gasteiger partial charge in [0.25, 0.3) is 0 Å². The van der Waals surface area contributed by atoms with E-state index in [2.05, 4.69) is 11.1 Å². The van der Waals surface area contributed by atoms with Crippen molar-refractivity contribution in [2.24, 2.45) is 17.2 Å². The van der Waals surface area contributed by atoms with Gasteiger partial charge in [-0.05, 0) is 25.9 Å². The topological polar surface area (TPSA) is 389 Å². The summed E-state index contributed by atoms with van der Waals surface area (Å²) >= 11 is 4.86. The number of carbonyl (C=O) groups excluding carboxylic acids is 2. The van der Waals surface area contributed by atoms with Crippen molar-refractivity contribution in [3.8, 4) is 0 Å². The number of amides is 2. The zero-order valence-corrected chi connectivity index (χ0v) is 80.1. The van der Waals surface area contributed by atoms with Gasteiger partial charge in [0.2, 0.25) is 11.8 Å². The van der Waals surface area contributed by atoms with Crippen LogP contribution in [0.2, 0.25) is 36.3 Å². The van der Waals surface area contributed by atoms with Crippen LogP contribution in [-0.2, 0) is 107 Å². The number of nitrogens with one attached hydrogen (secondary N) is 1. The van der Waals surface area contributed by atoms with Crippen LogP contribution in [0.4, 0.5) is 0 Å². The number of halogens is 1. The third kappa shape index (κ3) is 119. The van der Waals surface area contributed by atoms with Crippen molar-refractivity contribution in [3.05, 3.63) is 0 Å².